The molecule has 3 rings (SSSR count). The smallest absolute Gasteiger partial charge is 0.233 e. The lowest BCUT2D eigenvalue weighted by atomic mass is 9.99. The van der Waals surface area contributed by atoms with Gasteiger partial charge in [0.15, 0.2) is 5.82 Å². The summed E-state index contributed by atoms with van der Waals surface area (Å²) in [5.41, 5.74) is 0.643. The van der Waals surface area contributed by atoms with E-state index in [1.807, 2.05) is 4.90 Å². The maximum Gasteiger partial charge on any atom is 0.233 e. The third kappa shape index (κ3) is 4.22. The second-order valence-electron chi connectivity index (χ2n) is 6.15. The highest BCUT2D eigenvalue weighted by Gasteiger charge is 2.22. The van der Waals surface area contributed by atoms with E-state index in [1.54, 1.807) is 18.2 Å². The largest absolute Gasteiger partial charge is 0.342 e. The molecule has 6 nitrogen and oxygen atoms in total. The Morgan fingerprint density at radius 1 is 1.32 bits per heavy atom. The predicted octanol–water partition coefficient (Wildman–Crippen LogP) is 3.32. The molecule has 0 radical (unpaired) electrons. The molecule has 1 aliphatic heterocycles. The molecule has 1 amide bonds. The molecule has 1 aromatic carbocycles. The topological polar surface area (TPSA) is 77.0 Å². The van der Waals surface area contributed by atoms with Crippen LogP contribution in [0.15, 0.2) is 23.4 Å². The number of benzene rings is 1. The fraction of sp³-hybridized carbons (Fsp3) is 0.438. The number of hydrogen-bond acceptors (Lipinski definition) is 5. The number of carbonyl (C=O) groups is 1. The van der Waals surface area contributed by atoms with Gasteiger partial charge in [-0.15, -0.1) is 10.2 Å². The Kier molecular flexibility index (Phi) is 5.76. The van der Waals surface area contributed by atoms with Crippen molar-refractivity contribution >= 4 is 40.9 Å². The van der Waals surface area contributed by atoms with Crippen LogP contribution in [0.5, 0.6) is 0 Å². The fourth-order valence-corrected chi connectivity index (χ4v) is 3.96. The van der Waals surface area contributed by atoms with Crippen LogP contribution in [-0.4, -0.2) is 44.5 Å². The maximum atomic E-state index is 12.3. The third-order valence-electron chi connectivity index (χ3n) is 4.30. The van der Waals surface area contributed by atoms with Gasteiger partial charge in [-0.3, -0.25) is 4.79 Å². The van der Waals surface area contributed by atoms with E-state index in [0.717, 1.165) is 25.9 Å². The molecule has 0 unspecified atom stereocenters. The van der Waals surface area contributed by atoms with Crippen LogP contribution >= 0.6 is 35.0 Å². The molecule has 2 N–H and O–H groups in total. The Labute approximate surface area is 160 Å². The summed E-state index contributed by atoms with van der Waals surface area (Å²) in [4.78, 5) is 14.2. The van der Waals surface area contributed by atoms with Crippen molar-refractivity contribution in [1.29, 1.82) is 0 Å². The summed E-state index contributed by atoms with van der Waals surface area (Å²) in [7, 11) is 0. The normalized spacial score (nSPS) is 15.6. The zero-order valence-electron chi connectivity index (χ0n) is 13.8. The summed E-state index contributed by atoms with van der Waals surface area (Å²) in [6.45, 7) is 3.86. The first-order chi connectivity index (χ1) is 12.0. The summed E-state index contributed by atoms with van der Waals surface area (Å²) < 4.78 is 1.35. The number of likely N-dealkylation sites (tertiary alicyclic amines) is 1. The van der Waals surface area contributed by atoms with Crippen molar-refractivity contribution in [3.05, 3.63) is 28.2 Å². The van der Waals surface area contributed by atoms with Crippen LogP contribution in [0.3, 0.4) is 0 Å². The van der Waals surface area contributed by atoms with Gasteiger partial charge in [-0.2, -0.15) is 0 Å². The van der Waals surface area contributed by atoms with E-state index < -0.39 is 0 Å². The number of nitrogens with two attached hydrogens (primary N) is 1. The van der Waals surface area contributed by atoms with Gasteiger partial charge in [0.25, 0.3) is 0 Å². The van der Waals surface area contributed by atoms with Crippen LogP contribution in [0.25, 0.3) is 11.4 Å². The highest BCUT2D eigenvalue weighted by Crippen LogP contribution is 2.30. The summed E-state index contributed by atoms with van der Waals surface area (Å²) in [5, 5.41) is 9.62. The Balaban J connectivity index is 1.66. The van der Waals surface area contributed by atoms with Crippen LogP contribution in [0.1, 0.15) is 19.8 Å². The van der Waals surface area contributed by atoms with Gasteiger partial charge in [-0.1, -0.05) is 41.9 Å². The molecular weight excluding hydrogens is 381 g/mol. The van der Waals surface area contributed by atoms with Gasteiger partial charge in [-0.25, -0.2) is 4.68 Å². The van der Waals surface area contributed by atoms with Crippen molar-refractivity contribution in [2.24, 2.45) is 5.92 Å². The number of aromatic nitrogens is 3. The van der Waals surface area contributed by atoms with Gasteiger partial charge in [0.2, 0.25) is 11.1 Å². The molecule has 0 saturated carbocycles. The van der Waals surface area contributed by atoms with Crippen LogP contribution in [0.4, 0.5) is 0 Å². The first-order valence-electron chi connectivity index (χ1n) is 8.02. The van der Waals surface area contributed by atoms with E-state index in [-0.39, 0.29) is 11.7 Å². The second kappa shape index (κ2) is 7.85. The summed E-state index contributed by atoms with van der Waals surface area (Å²) in [6.07, 6.45) is 2.12. The lowest BCUT2D eigenvalue weighted by molar-refractivity contribution is -0.129. The van der Waals surface area contributed by atoms with Gasteiger partial charge in [-0.05, 0) is 37.0 Å². The van der Waals surface area contributed by atoms with Crippen molar-refractivity contribution in [2.75, 3.05) is 24.7 Å². The SMILES string of the molecule is CC1CCN(C(=O)CSc2nnc(-c3ccc(Cl)cc3Cl)n2N)CC1. The van der Waals surface area contributed by atoms with E-state index in [2.05, 4.69) is 17.1 Å². The maximum absolute atomic E-state index is 12.3. The lowest BCUT2D eigenvalue weighted by Gasteiger charge is -2.30. The Hall–Kier alpha value is -1.44. The predicted molar refractivity (Wildman–Crippen MR) is 101 cm³/mol. The highest BCUT2D eigenvalue weighted by molar-refractivity contribution is 7.99. The molecule has 9 heteroatoms. The zero-order valence-corrected chi connectivity index (χ0v) is 16.1. The molecule has 1 saturated heterocycles. The van der Waals surface area contributed by atoms with E-state index in [1.165, 1.54) is 16.4 Å². The third-order valence-corrected chi connectivity index (χ3v) is 5.77. The second-order valence-corrected chi connectivity index (χ2v) is 7.94. The molecular formula is C16H19Cl2N5OS. The van der Waals surface area contributed by atoms with Gasteiger partial charge >= 0.3 is 0 Å². The number of thioether (sulfide) groups is 1. The molecule has 0 atom stereocenters. The lowest BCUT2D eigenvalue weighted by Crippen LogP contribution is -2.39. The highest BCUT2D eigenvalue weighted by atomic mass is 35.5. The Morgan fingerprint density at radius 3 is 2.72 bits per heavy atom. The average Bonchev–Trinajstić information content (AvgIpc) is 2.94. The standard InChI is InChI=1S/C16H19Cl2N5OS/c1-10-4-6-22(7-5-10)14(24)9-25-16-21-20-15(23(16)19)12-3-2-11(17)8-13(12)18/h2-3,8,10H,4-7,9,19H2,1H3. The molecule has 25 heavy (non-hydrogen) atoms. The van der Waals surface area contributed by atoms with Gasteiger partial charge in [0.05, 0.1) is 10.8 Å². The molecule has 0 bridgehead atoms. The van der Waals surface area contributed by atoms with Gasteiger partial charge in [0.1, 0.15) is 0 Å². The number of amides is 1. The van der Waals surface area contributed by atoms with Gasteiger partial charge < -0.3 is 10.7 Å². The van der Waals surface area contributed by atoms with Crippen LogP contribution in [0.2, 0.25) is 10.0 Å². The molecule has 2 aromatic rings. The first-order valence-corrected chi connectivity index (χ1v) is 9.76. The molecule has 0 aliphatic carbocycles. The minimum Gasteiger partial charge on any atom is -0.342 e. The van der Waals surface area contributed by atoms with Crippen molar-refractivity contribution < 1.29 is 4.79 Å². The van der Waals surface area contributed by atoms with Crippen LogP contribution in [0, 0.1) is 5.92 Å². The summed E-state index contributed by atoms with van der Waals surface area (Å²) in [6, 6.07) is 5.08. The molecule has 1 aromatic heterocycles. The number of carbonyl (C=O) groups excluding carboxylic acids is 1. The molecule has 134 valence electrons. The van der Waals surface area contributed by atoms with E-state index >= 15 is 0 Å². The first kappa shape index (κ1) is 18.4. The number of piperidine rings is 1. The minimum absolute atomic E-state index is 0.103. The van der Waals surface area contributed by atoms with E-state index in [4.69, 9.17) is 29.0 Å². The summed E-state index contributed by atoms with van der Waals surface area (Å²) >= 11 is 13.4. The van der Waals surface area contributed by atoms with E-state index in [9.17, 15) is 4.79 Å². The minimum atomic E-state index is 0.103. The number of nitrogen functional groups attached to an aromatic ring is 1. The van der Waals surface area contributed by atoms with Crippen molar-refractivity contribution in [1.82, 2.24) is 19.8 Å². The van der Waals surface area contributed by atoms with Crippen molar-refractivity contribution in [3.63, 3.8) is 0 Å². The van der Waals surface area contributed by atoms with Crippen molar-refractivity contribution in [2.45, 2.75) is 24.9 Å². The number of hydrogen-bond donors (Lipinski definition) is 1. The summed E-state index contributed by atoms with van der Waals surface area (Å²) in [5.74, 6) is 7.60. The Bertz CT molecular complexity index is 774. The van der Waals surface area contributed by atoms with E-state index in [0.29, 0.717) is 32.5 Å². The monoisotopic (exact) mass is 399 g/mol. The number of halogens is 2. The van der Waals surface area contributed by atoms with Gasteiger partial charge in [0, 0.05) is 23.7 Å². The van der Waals surface area contributed by atoms with Crippen LogP contribution < -0.4 is 5.84 Å². The van der Waals surface area contributed by atoms with Crippen molar-refractivity contribution in [3.8, 4) is 11.4 Å². The molecule has 2 heterocycles. The number of nitrogens with zero attached hydrogens (tertiary/aromatic N) is 4. The molecule has 0 spiro atoms. The van der Waals surface area contributed by atoms with Crippen LogP contribution in [-0.2, 0) is 4.79 Å². The fourth-order valence-electron chi connectivity index (χ4n) is 2.71. The Morgan fingerprint density at radius 2 is 2.04 bits per heavy atom. The molecule has 1 fully saturated rings. The zero-order chi connectivity index (χ0) is 18.0. The molecule has 1 aliphatic rings. The average molecular weight is 400 g/mol. The number of rotatable bonds is 4. The quantitative estimate of drug-likeness (QED) is 0.630.